The minimum atomic E-state index is -4.03. The molecular weight excluding hydrogens is 598 g/mol. The van der Waals surface area contributed by atoms with Gasteiger partial charge in [-0.3, -0.25) is 14.6 Å². The molecule has 13 heteroatoms. The van der Waals surface area contributed by atoms with Crippen molar-refractivity contribution in [3.8, 4) is 0 Å². The molecule has 0 radical (unpaired) electrons. The van der Waals surface area contributed by atoms with Crippen molar-refractivity contribution < 1.29 is 32.4 Å². The van der Waals surface area contributed by atoms with Gasteiger partial charge in [-0.1, -0.05) is 61.4 Å². The zero-order chi connectivity index (χ0) is 32.1. The molecule has 0 bridgehead atoms. The Morgan fingerprint density at radius 3 is 2.44 bits per heavy atom. The fourth-order valence-electron chi connectivity index (χ4n) is 5.51. The Labute approximate surface area is 261 Å². The minimum Gasteiger partial charge on any atom is -0.445 e. The van der Waals surface area contributed by atoms with Gasteiger partial charge in [0.2, 0.25) is 0 Å². The van der Waals surface area contributed by atoms with Gasteiger partial charge in [-0.05, 0) is 43.5 Å². The molecule has 2 aromatic carbocycles. The summed E-state index contributed by atoms with van der Waals surface area (Å²) in [5, 5.41) is 1.48. The first-order chi connectivity index (χ1) is 21.7. The number of ether oxygens (including phenoxy) is 1. The average Bonchev–Trinajstić information content (AvgIpc) is 3.68. The van der Waals surface area contributed by atoms with E-state index in [0.717, 1.165) is 15.1 Å². The molecule has 3 heterocycles. The van der Waals surface area contributed by atoms with Crippen molar-refractivity contribution in [1.29, 1.82) is 0 Å². The standard InChI is InChI=1S/C32H35N5O7S/c1-4-24-17-35(32(40)43-21-23-9-7-6-8-10-23)18-26(24)29(39)19-36(44-5-2)30-28(20-38)34-31-27(33-30)15-16-37(31)45(41,42)25-13-11-22(3)12-14-25/h6-16,24,26,30H,4-5,17-19,21H2,1-3H3/t24-,26+,30?/m1/s1. The summed E-state index contributed by atoms with van der Waals surface area (Å²) in [5.74, 6) is 0.988. The van der Waals surface area contributed by atoms with Gasteiger partial charge in [-0.2, -0.15) is 5.06 Å². The van der Waals surface area contributed by atoms with Crippen LogP contribution >= 0.6 is 0 Å². The molecule has 236 valence electrons. The molecule has 1 aromatic heterocycles. The van der Waals surface area contributed by atoms with Crippen LogP contribution in [0.1, 0.15) is 31.4 Å². The van der Waals surface area contributed by atoms with Crippen LogP contribution in [-0.4, -0.2) is 72.6 Å². The quantitative estimate of drug-likeness (QED) is 0.232. The van der Waals surface area contributed by atoms with E-state index in [1.54, 1.807) is 29.9 Å². The highest BCUT2D eigenvalue weighted by Crippen LogP contribution is 2.29. The van der Waals surface area contributed by atoms with Crippen LogP contribution in [0.3, 0.4) is 0 Å². The largest absolute Gasteiger partial charge is 0.445 e. The second-order valence-electron chi connectivity index (χ2n) is 10.9. The number of aromatic nitrogens is 1. The molecule has 1 amide bonds. The molecule has 0 N–H and O–H groups in total. The number of carbonyl (C=O) groups excluding carboxylic acids is 3. The fraction of sp³-hybridized carbons (Fsp3) is 0.375. The van der Waals surface area contributed by atoms with Crippen molar-refractivity contribution in [3.63, 3.8) is 0 Å². The summed E-state index contributed by atoms with van der Waals surface area (Å²) in [6.07, 6.45) is 0.371. The number of aryl methyl sites for hydroxylation is 1. The lowest BCUT2D eigenvalue weighted by atomic mass is 9.90. The maximum Gasteiger partial charge on any atom is 0.410 e. The predicted octanol–water partition coefficient (Wildman–Crippen LogP) is 2.45. The molecule has 2 aliphatic rings. The van der Waals surface area contributed by atoms with E-state index in [1.807, 2.05) is 44.2 Å². The smallest absolute Gasteiger partial charge is 0.410 e. The van der Waals surface area contributed by atoms with Gasteiger partial charge in [0, 0.05) is 25.2 Å². The molecule has 45 heavy (non-hydrogen) atoms. The van der Waals surface area contributed by atoms with Gasteiger partial charge >= 0.3 is 6.09 Å². The monoisotopic (exact) mass is 633 g/mol. The highest BCUT2D eigenvalue weighted by atomic mass is 32.2. The van der Waals surface area contributed by atoms with Crippen LogP contribution < -0.4 is 10.8 Å². The molecule has 3 aromatic rings. The number of Topliss-reactive ketones (excluding diaryl/α,β-unsaturated/α-hetero) is 1. The molecule has 0 aliphatic carbocycles. The van der Waals surface area contributed by atoms with Crippen molar-refractivity contribution in [2.45, 2.75) is 44.9 Å². The normalized spacial score (nSPS) is 19.4. The number of hydrogen-bond acceptors (Lipinski definition) is 10. The number of amides is 1. The van der Waals surface area contributed by atoms with E-state index in [0.29, 0.717) is 13.0 Å². The number of rotatable bonds is 11. The Bertz CT molecular complexity index is 1830. The van der Waals surface area contributed by atoms with Crippen LogP contribution in [0.5, 0.6) is 0 Å². The topological polar surface area (TPSA) is 140 Å². The van der Waals surface area contributed by atoms with E-state index >= 15 is 0 Å². The molecule has 12 nitrogen and oxygen atoms in total. The Balaban J connectivity index is 1.34. The average molecular weight is 634 g/mol. The molecule has 1 fully saturated rings. The maximum absolute atomic E-state index is 13.7. The summed E-state index contributed by atoms with van der Waals surface area (Å²) in [6.45, 7) is 6.17. The molecule has 0 spiro atoms. The highest BCUT2D eigenvalue weighted by molar-refractivity contribution is 7.90. The maximum atomic E-state index is 13.7. The van der Waals surface area contributed by atoms with Crippen molar-refractivity contribution >= 4 is 27.8 Å². The molecule has 5 rings (SSSR count). The summed E-state index contributed by atoms with van der Waals surface area (Å²) >= 11 is 0. The lowest BCUT2D eigenvalue weighted by molar-refractivity contribution is -0.180. The third-order valence-corrected chi connectivity index (χ3v) is 9.62. The van der Waals surface area contributed by atoms with Crippen molar-refractivity contribution in [2.75, 3.05) is 26.2 Å². The lowest BCUT2D eigenvalue weighted by Crippen LogP contribution is -2.47. The van der Waals surface area contributed by atoms with Gasteiger partial charge in [0.25, 0.3) is 10.0 Å². The molecule has 1 saturated heterocycles. The Kier molecular flexibility index (Phi) is 9.74. The SMILES string of the molecule is CCON(CC(=O)[C@H]1CN(C(=O)OCc2ccccc2)C[C@H]1CC)C1N=c2ccn(S(=O)(=O)c3ccc(C)cc3)c2=NC1=C=O. The van der Waals surface area contributed by atoms with Crippen LogP contribution in [0.25, 0.3) is 0 Å². The fourth-order valence-corrected chi connectivity index (χ4v) is 6.80. The van der Waals surface area contributed by atoms with Crippen molar-refractivity contribution in [2.24, 2.45) is 21.8 Å². The number of hydroxylamine groups is 2. The van der Waals surface area contributed by atoms with Gasteiger partial charge in [0.15, 0.2) is 29.1 Å². The number of fused-ring (bicyclic) bond motifs is 1. The molecule has 3 atom stereocenters. The van der Waals surface area contributed by atoms with Crippen LogP contribution in [0.15, 0.2) is 87.4 Å². The van der Waals surface area contributed by atoms with Gasteiger partial charge in [0.05, 0.1) is 18.0 Å². The van der Waals surface area contributed by atoms with Gasteiger partial charge in [0.1, 0.15) is 12.0 Å². The molecule has 1 unspecified atom stereocenters. The first-order valence-corrected chi connectivity index (χ1v) is 16.2. The Hall–Kier alpha value is -4.42. The number of likely N-dealkylation sites (tertiary alicyclic amines) is 1. The Morgan fingerprint density at radius 1 is 1.04 bits per heavy atom. The lowest BCUT2D eigenvalue weighted by Gasteiger charge is -2.28. The minimum absolute atomic E-state index is 0.0422. The van der Waals surface area contributed by atoms with Crippen molar-refractivity contribution in [3.05, 3.63) is 94.5 Å². The highest BCUT2D eigenvalue weighted by Gasteiger charge is 2.41. The second-order valence-corrected chi connectivity index (χ2v) is 12.7. The van der Waals surface area contributed by atoms with Gasteiger partial charge in [-0.15, -0.1) is 0 Å². The molecule has 2 aliphatic heterocycles. The van der Waals surface area contributed by atoms with E-state index < -0.39 is 28.2 Å². The van der Waals surface area contributed by atoms with E-state index in [-0.39, 0.29) is 59.4 Å². The van der Waals surface area contributed by atoms with E-state index in [2.05, 4.69) is 9.98 Å². The van der Waals surface area contributed by atoms with Crippen LogP contribution in [0.4, 0.5) is 4.79 Å². The number of nitrogens with zero attached hydrogens (tertiary/aromatic N) is 5. The van der Waals surface area contributed by atoms with Crippen molar-refractivity contribution in [1.82, 2.24) is 13.9 Å². The number of benzene rings is 2. The number of carbonyl (C=O) groups is 2. The number of hydrogen-bond donors (Lipinski definition) is 0. The third kappa shape index (κ3) is 6.81. The summed E-state index contributed by atoms with van der Waals surface area (Å²) in [6, 6.07) is 17.2. The Morgan fingerprint density at radius 2 is 1.78 bits per heavy atom. The van der Waals surface area contributed by atoms with E-state index in [4.69, 9.17) is 9.57 Å². The first kappa shape index (κ1) is 32.0. The summed E-state index contributed by atoms with van der Waals surface area (Å²) in [7, 11) is -4.03. The summed E-state index contributed by atoms with van der Waals surface area (Å²) in [4.78, 5) is 54.9. The van der Waals surface area contributed by atoms with E-state index in [9.17, 15) is 22.8 Å². The van der Waals surface area contributed by atoms with Crippen LogP contribution in [0.2, 0.25) is 0 Å². The van der Waals surface area contributed by atoms with E-state index in [1.165, 1.54) is 29.5 Å². The second kappa shape index (κ2) is 13.7. The number of ketones is 1. The zero-order valence-electron chi connectivity index (χ0n) is 25.3. The predicted molar refractivity (Wildman–Crippen MR) is 162 cm³/mol. The zero-order valence-corrected chi connectivity index (χ0v) is 26.1. The summed E-state index contributed by atoms with van der Waals surface area (Å²) < 4.78 is 33.2. The third-order valence-electron chi connectivity index (χ3n) is 7.94. The van der Waals surface area contributed by atoms with Crippen LogP contribution in [-0.2, 0) is 35.8 Å². The van der Waals surface area contributed by atoms with Gasteiger partial charge < -0.3 is 9.64 Å². The molecular formula is C32H35N5O7S. The first-order valence-electron chi connectivity index (χ1n) is 14.7. The van der Waals surface area contributed by atoms with Crippen LogP contribution in [0, 0.1) is 18.8 Å². The summed E-state index contributed by atoms with van der Waals surface area (Å²) in [5.41, 5.74) is 1.50. The molecule has 0 saturated carbocycles. The van der Waals surface area contributed by atoms with Gasteiger partial charge in [-0.25, -0.2) is 27.0 Å².